The highest BCUT2D eigenvalue weighted by molar-refractivity contribution is 5.65. The molecule has 0 unspecified atom stereocenters. The van der Waals surface area contributed by atoms with Gasteiger partial charge in [0.2, 0.25) is 0 Å². The van der Waals surface area contributed by atoms with E-state index in [1.807, 2.05) is 35.7 Å². The quantitative estimate of drug-likeness (QED) is 0.615. The first kappa shape index (κ1) is 16.0. The van der Waals surface area contributed by atoms with Crippen LogP contribution in [0.5, 0.6) is 0 Å². The first-order valence-corrected chi connectivity index (χ1v) is 7.56. The number of nitro groups is 1. The zero-order chi connectivity index (χ0) is 17.3. The number of nitriles is 1. The average Bonchev–Trinajstić information content (AvgIpc) is 2.96. The molecule has 1 fully saturated rings. The number of benzene rings is 1. The lowest BCUT2D eigenvalue weighted by molar-refractivity contribution is -0.384. The lowest BCUT2D eigenvalue weighted by Gasteiger charge is -2.50. The third-order valence-electron chi connectivity index (χ3n) is 4.19. The molecule has 2 aromatic rings. The van der Waals surface area contributed by atoms with Crippen molar-refractivity contribution in [3.8, 4) is 6.07 Å². The second-order valence-corrected chi connectivity index (χ2v) is 5.72. The fourth-order valence-electron chi connectivity index (χ4n) is 3.12. The fraction of sp³-hybridized carbons (Fsp3) is 0.375. The van der Waals surface area contributed by atoms with Crippen LogP contribution in [-0.2, 0) is 17.4 Å². The second-order valence-electron chi connectivity index (χ2n) is 5.72. The average molecular weight is 327 g/mol. The van der Waals surface area contributed by atoms with Crippen LogP contribution in [0.3, 0.4) is 0 Å². The number of nitro benzene ring substituents is 1. The third kappa shape index (κ3) is 2.49. The standard InChI is InChI=1S/C16H17N5O3/c1-3-24-16(15-18-6-7-19(15)2)10-20(11-16)14-5-4-13(21(22)23)8-12(14)9-17/h4-8H,3,10-11H2,1-2H3. The number of non-ortho nitro benzene ring substituents is 1. The van der Waals surface area contributed by atoms with Gasteiger partial charge in [0.25, 0.3) is 5.69 Å². The minimum atomic E-state index is -0.526. The van der Waals surface area contributed by atoms with E-state index in [1.54, 1.807) is 12.3 Å². The molecule has 0 spiro atoms. The van der Waals surface area contributed by atoms with Gasteiger partial charge in [0.15, 0.2) is 5.60 Å². The summed E-state index contributed by atoms with van der Waals surface area (Å²) in [5.41, 5.74) is 0.347. The number of rotatable bonds is 5. The number of aromatic nitrogens is 2. The summed E-state index contributed by atoms with van der Waals surface area (Å²) in [6.45, 7) is 3.56. The van der Waals surface area contributed by atoms with Crippen molar-refractivity contribution < 1.29 is 9.66 Å². The molecule has 3 rings (SSSR count). The molecule has 1 aliphatic rings. The number of hydrogen-bond acceptors (Lipinski definition) is 6. The maximum Gasteiger partial charge on any atom is 0.270 e. The van der Waals surface area contributed by atoms with Crippen molar-refractivity contribution in [1.29, 1.82) is 5.26 Å². The summed E-state index contributed by atoms with van der Waals surface area (Å²) in [4.78, 5) is 16.7. The van der Waals surface area contributed by atoms with E-state index in [2.05, 4.69) is 4.98 Å². The Balaban J connectivity index is 1.88. The molecule has 0 atom stereocenters. The number of ether oxygens (including phenoxy) is 1. The van der Waals surface area contributed by atoms with E-state index in [0.717, 1.165) is 5.82 Å². The van der Waals surface area contributed by atoms with E-state index in [9.17, 15) is 15.4 Å². The van der Waals surface area contributed by atoms with E-state index >= 15 is 0 Å². The summed E-state index contributed by atoms with van der Waals surface area (Å²) in [5.74, 6) is 0.834. The minimum absolute atomic E-state index is 0.0870. The van der Waals surface area contributed by atoms with Gasteiger partial charge in [-0.05, 0) is 13.0 Å². The van der Waals surface area contributed by atoms with Gasteiger partial charge >= 0.3 is 0 Å². The molecule has 1 saturated heterocycles. The van der Waals surface area contributed by atoms with Gasteiger partial charge in [-0.15, -0.1) is 0 Å². The van der Waals surface area contributed by atoms with Gasteiger partial charge < -0.3 is 14.2 Å². The summed E-state index contributed by atoms with van der Waals surface area (Å²) in [6, 6.07) is 6.37. The molecule has 124 valence electrons. The Kier molecular flexibility index (Phi) is 3.95. The fourth-order valence-corrected chi connectivity index (χ4v) is 3.12. The van der Waals surface area contributed by atoms with E-state index in [1.165, 1.54) is 12.1 Å². The molecule has 24 heavy (non-hydrogen) atoms. The summed E-state index contributed by atoms with van der Waals surface area (Å²) >= 11 is 0. The van der Waals surface area contributed by atoms with Gasteiger partial charge in [-0.1, -0.05) is 0 Å². The first-order valence-electron chi connectivity index (χ1n) is 7.56. The van der Waals surface area contributed by atoms with Crippen LogP contribution in [0.25, 0.3) is 0 Å². The highest BCUT2D eigenvalue weighted by Gasteiger charge is 2.49. The van der Waals surface area contributed by atoms with Gasteiger partial charge in [0.1, 0.15) is 11.9 Å². The highest BCUT2D eigenvalue weighted by Crippen LogP contribution is 2.39. The van der Waals surface area contributed by atoms with Crippen LogP contribution in [0.1, 0.15) is 18.3 Å². The van der Waals surface area contributed by atoms with E-state index in [-0.39, 0.29) is 11.3 Å². The Morgan fingerprint density at radius 2 is 2.25 bits per heavy atom. The maximum atomic E-state index is 10.9. The van der Waals surface area contributed by atoms with Gasteiger partial charge in [0, 0.05) is 38.2 Å². The molecule has 1 aromatic heterocycles. The van der Waals surface area contributed by atoms with Crippen LogP contribution in [0.4, 0.5) is 11.4 Å². The van der Waals surface area contributed by atoms with E-state index < -0.39 is 10.5 Å². The van der Waals surface area contributed by atoms with Crippen molar-refractivity contribution in [3.05, 3.63) is 52.1 Å². The van der Waals surface area contributed by atoms with Gasteiger partial charge in [0.05, 0.1) is 29.3 Å². The Bertz CT molecular complexity index is 817. The Morgan fingerprint density at radius 1 is 1.50 bits per heavy atom. The zero-order valence-electron chi connectivity index (χ0n) is 13.5. The maximum absolute atomic E-state index is 10.9. The van der Waals surface area contributed by atoms with Crippen LogP contribution in [0, 0.1) is 21.4 Å². The molecular weight excluding hydrogens is 310 g/mol. The van der Waals surface area contributed by atoms with Crippen molar-refractivity contribution in [1.82, 2.24) is 9.55 Å². The van der Waals surface area contributed by atoms with Crippen molar-refractivity contribution in [2.24, 2.45) is 7.05 Å². The molecule has 1 aliphatic heterocycles. The van der Waals surface area contributed by atoms with Gasteiger partial charge in [-0.2, -0.15) is 5.26 Å². The van der Waals surface area contributed by atoms with Crippen LogP contribution < -0.4 is 4.90 Å². The molecule has 1 aromatic carbocycles. The smallest absolute Gasteiger partial charge is 0.270 e. The number of anilines is 1. The van der Waals surface area contributed by atoms with Crippen LogP contribution in [0.2, 0.25) is 0 Å². The number of imidazole rings is 1. The molecule has 8 nitrogen and oxygen atoms in total. The first-order chi connectivity index (χ1) is 11.5. The van der Waals surface area contributed by atoms with Crippen LogP contribution in [-0.4, -0.2) is 34.2 Å². The zero-order valence-corrected chi connectivity index (χ0v) is 13.5. The summed E-state index contributed by atoms with van der Waals surface area (Å²) in [5, 5.41) is 20.2. The van der Waals surface area contributed by atoms with Gasteiger partial charge in [-0.3, -0.25) is 10.1 Å². The van der Waals surface area contributed by atoms with Crippen LogP contribution in [0.15, 0.2) is 30.6 Å². The molecule has 0 aliphatic carbocycles. The summed E-state index contributed by atoms with van der Waals surface area (Å²) in [6.07, 6.45) is 3.59. The Hall–Kier alpha value is -2.92. The minimum Gasteiger partial charge on any atom is -0.364 e. The normalized spacial score (nSPS) is 15.6. The topological polar surface area (TPSA) is 97.2 Å². The van der Waals surface area contributed by atoms with Gasteiger partial charge in [-0.25, -0.2) is 4.98 Å². The van der Waals surface area contributed by atoms with Crippen molar-refractivity contribution in [2.45, 2.75) is 12.5 Å². The molecule has 2 heterocycles. The number of nitrogens with zero attached hydrogens (tertiary/aromatic N) is 5. The number of hydrogen-bond donors (Lipinski definition) is 0. The van der Waals surface area contributed by atoms with Crippen LogP contribution >= 0.6 is 0 Å². The van der Waals surface area contributed by atoms with E-state index in [0.29, 0.717) is 25.4 Å². The summed E-state index contributed by atoms with van der Waals surface area (Å²) < 4.78 is 7.89. The van der Waals surface area contributed by atoms with Crippen molar-refractivity contribution in [2.75, 3.05) is 24.6 Å². The van der Waals surface area contributed by atoms with Crippen molar-refractivity contribution in [3.63, 3.8) is 0 Å². The lowest BCUT2D eigenvalue weighted by Crippen LogP contribution is -2.62. The molecule has 0 amide bonds. The van der Waals surface area contributed by atoms with E-state index in [4.69, 9.17) is 4.74 Å². The molecule has 0 saturated carbocycles. The summed E-state index contributed by atoms with van der Waals surface area (Å²) in [7, 11) is 1.92. The van der Waals surface area contributed by atoms with Crippen molar-refractivity contribution >= 4 is 11.4 Å². The number of aryl methyl sites for hydroxylation is 1. The monoisotopic (exact) mass is 327 g/mol. The SMILES string of the molecule is CCOC1(c2nccn2C)CN(c2ccc([N+](=O)[O-])cc2C#N)C1. The predicted molar refractivity (Wildman–Crippen MR) is 86.5 cm³/mol. The largest absolute Gasteiger partial charge is 0.364 e. The lowest BCUT2D eigenvalue weighted by atomic mass is 9.91. The molecule has 0 bridgehead atoms. The molecular formula is C16H17N5O3. The molecule has 0 N–H and O–H groups in total. The molecule has 0 radical (unpaired) electrons. The highest BCUT2D eigenvalue weighted by atomic mass is 16.6. The molecule has 8 heteroatoms. The Morgan fingerprint density at radius 3 is 2.79 bits per heavy atom. The Labute approximate surface area is 139 Å². The third-order valence-corrected chi connectivity index (χ3v) is 4.19. The predicted octanol–water partition coefficient (Wildman–Crippen LogP) is 1.95. The second kappa shape index (κ2) is 5.94.